The molecule has 0 atom stereocenters. The normalized spacial score (nSPS) is 2.07. The molecule has 14 heavy (non-hydrogen) atoms. The van der Waals surface area contributed by atoms with Crippen LogP contribution in [0.4, 0.5) is 0 Å². The van der Waals surface area contributed by atoms with Crippen LogP contribution in [0, 0.1) is 43.0 Å². The van der Waals surface area contributed by atoms with Crippen LogP contribution in [-0.4, -0.2) is 16.4 Å². The fourth-order valence-electron chi connectivity index (χ4n) is 0. The van der Waals surface area contributed by atoms with Crippen LogP contribution < -0.4 is 0 Å². The molecule has 1 radical (unpaired) electrons. The number of hydrogen-bond donors (Lipinski definition) is 0. The Balaban J connectivity index is -0.000000000884. The molecule has 0 bridgehead atoms. The summed E-state index contributed by atoms with van der Waals surface area (Å²) in [5.41, 5.74) is 0. The van der Waals surface area contributed by atoms with E-state index in [-0.39, 0.29) is 84.1 Å². The van der Waals surface area contributed by atoms with Crippen molar-refractivity contribution in [3.8, 4) is 0 Å². The molecule has 0 aromatic carbocycles. The molecule has 0 saturated carbocycles. The predicted molar refractivity (Wildman–Crippen MR) is 56.0 cm³/mol. The van der Waals surface area contributed by atoms with E-state index in [1.165, 1.54) is 0 Å². The zero-order chi connectivity index (χ0) is 4.71. The fourth-order valence-corrected chi connectivity index (χ4v) is 0. The van der Waals surface area contributed by atoms with Crippen molar-refractivity contribution < 1.29 is 87.3 Å². The van der Waals surface area contributed by atoms with Crippen molar-refractivity contribution in [2.24, 2.45) is 0 Å². The maximum Gasteiger partial charge on any atom is 0 e. The molecule has 0 aliphatic heterocycles. The molecule has 7 nitrogen and oxygen atoms in total. The smallest absolute Gasteiger partial charge is 0 e. The van der Waals surface area contributed by atoms with Crippen LogP contribution in [-0.2, 0) is 35.3 Å². The Morgan fingerprint density at radius 2 is 0.714 bits per heavy atom. The van der Waals surface area contributed by atoms with Crippen molar-refractivity contribution >= 4 is 28.3 Å². The van der Waals surface area contributed by atoms with E-state index in [9.17, 15) is 0 Å². The van der Waals surface area contributed by atoms with Crippen LogP contribution in [0.3, 0.4) is 0 Å². The third kappa shape index (κ3) is 304. The van der Waals surface area contributed by atoms with Gasteiger partial charge in [0.2, 0.25) is 0 Å². The molecule has 14 N–H and O–H groups in total. The van der Waals surface area contributed by atoms with Gasteiger partial charge in [-0.15, -0.1) is 0 Å². The van der Waals surface area contributed by atoms with E-state index in [1.54, 1.807) is 18.8 Å². The largest absolute Gasteiger partial charge is 0.693 e. The van der Waals surface area contributed by atoms with Gasteiger partial charge in [-0.2, -0.15) is 0 Å². The van der Waals surface area contributed by atoms with Gasteiger partial charge < -0.3 is 48.5 Å². The predicted octanol–water partition coefficient (Wildman–Crippen LogP) is 2.91. The Hall–Kier alpha value is 3.16. The van der Waals surface area contributed by atoms with E-state index in [0.717, 1.165) is 0 Å². The van der Waals surface area contributed by atoms with Gasteiger partial charge in [-0.3, -0.25) is 0 Å². The molecule has 0 heterocycles. The Kier molecular flexibility index (Phi) is 1810. The minimum absolute atomic E-state index is 0. The molecule has 0 rings (SSSR count). The molecule has 0 fully saturated rings. The van der Waals surface area contributed by atoms with Crippen LogP contribution >= 0.6 is 28.3 Å². The maximum absolute atomic E-state index is 4.88. The van der Waals surface area contributed by atoms with Gasteiger partial charge in [0.15, 0.2) is 0 Å². The zero-order valence-electron chi connectivity index (χ0n) is 7.15. The SMILES string of the molecule is O.O.O.[CH3-].[Cl][Pt+2][Cl].[Cl][Pt].[La].[NH2-].[NH2-].[NH2-].[NH2-]. The molecule has 0 saturated heterocycles. The Morgan fingerprint density at radius 3 is 0.714 bits per heavy atom. The molecule has 0 spiro atoms. The van der Waals surface area contributed by atoms with Crippen molar-refractivity contribution in [1.29, 1.82) is 0 Å². The monoisotopic (exact) mass is 767 g/mol. The summed E-state index contributed by atoms with van der Waals surface area (Å²) in [6, 6.07) is 0. The second-order valence-corrected chi connectivity index (χ2v) is 3.33. The van der Waals surface area contributed by atoms with Crippen molar-refractivity contribution in [3.05, 3.63) is 32.0 Å². The molecule has 0 unspecified atom stereocenters. The van der Waals surface area contributed by atoms with E-state index in [1.807, 2.05) is 0 Å². The first-order valence-electron chi connectivity index (χ1n) is 0.359. The topological polar surface area (TPSA) is 228 Å². The van der Waals surface area contributed by atoms with Crippen molar-refractivity contribution in [1.82, 2.24) is 0 Å². The third-order valence-electron chi connectivity index (χ3n) is 0. The summed E-state index contributed by atoms with van der Waals surface area (Å²) in [7, 11) is 14.4. The van der Waals surface area contributed by atoms with Gasteiger partial charge in [0.25, 0.3) is 0 Å². The summed E-state index contributed by atoms with van der Waals surface area (Å²) in [6.07, 6.45) is 0. The first kappa shape index (κ1) is 118. The molecule has 0 aromatic rings. The van der Waals surface area contributed by atoms with Gasteiger partial charge in [-0.25, -0.2) is 0 Å². The van der Waals surface area contributed by atoms with E-state index in [4.69, 9.17) is 18.8 Å². The summed E-state index contributed by atoms with van der Waals surface area (Å²) in [4.78, 5) is 0. The van der Waals surface area contributed by atoms with Crippen LogP contribution in [0.5, 0.6) is 0 Å². The number of hydrogen-bond acceptors (Lipinski definition) is 0. The molecule has 0 amide bonds. The Morgan fingerprint density at radius 1 is 0.714 bits per heavy atom. The third-order valence-corrected chi connectivity index (χ3v) is 0. The van der Waals surface area contributed by atoms with E-state index in [2.05, 4.69) is 9.42 Å². The summed E-state index contributed by atoms with van der Waals surface area (Å²) in [5, 5.41) is 0. The average Bonchev–Trinajstić information content (AvgIpc) is 1.46. The first-order valence-corrected chi connectivity index (χ1v) is 8.81. The van der Waals surface area contributed by atoms with Gasteiger partial charge in [0.05, 0.1) is 0 Å². The van der Waals surface area contributed by atoms with Crippen molar-refractivity contribution in [2.45, 2.75) is 0 Å². The summed E-state index contributed by atoms with van der Waals surface area (Å²) < 4.78 is 0. The first-order chi connectivity index (χ1) is 2.41. The van der Waals surface area contributed by atoms with Gasteiger partial charge in [-0.1, -0.05) is 0 Å². The number of nitrogens with two attached hydrogens (primary N) is 4. The average molecular weight is 769 g/mol. The summed E-state index contributed by atoms with van der Waals surface area (Å²) in [5.74, 6) is 0. The van der Waals surface area contributed by atoms with Crippen LogP contribution in [0.2, 0.25) is 0 Å². The molecule has 0 aliphatic carbocycles. The Bertz CT molecular complexity index is 33.8. The minimum Gasteiger partial charge on any atom is -0.693 e. The molecular weight excluding hydrogens is 751 g/mol. The molecule has 106 valence electrons. The van der Waals surface area contributed by atoms with Gasteiger partial charge in [0, 0.05) is 35.6 Å². The van der Waals surface area contributed by atoms with Gasteiger partial charge in [0.1, 0.15) is 0 Å². The quantitative estimate of drug-likeness (QED) is 0.324. The standard InChI is InChI=1S/CH3.3ClH.La.4H2N.3H2O.2Pt/h1H3;3*1H;;7*1H2;;/q-1;;;;;4*-1;;;;+1;+4/p-3. The summed E-state index contributed by atoms with van der Waals surface area (Å²) >= 11 is 1.14. The van der Waals surface area contributed by atoms with Crippen LogP contribution in [0.15, 0.2) is 0 Å². The van der Waals surface area contributed by atoms with Crippen molar-refractivity contribution in [3.63, 3.8) is 0 Å². The second kappa shape index (κ2) is 215. The Labute approximate surface area is 145 Å². The molecule has 0 aliphatic rings. The number of rotatable bonds is 0. The summed E-state index contributed by atoms with van der Waals surface area (Å²) in [6.45, 7) is 0. The molecule has 0 aromatic heterocycles. The number of halogens is 3. The second-order valence-electron chi connectivity index (χ2n) is 0.0452. The molecule has 13 heteroatoms. The van der Waals surface area contributed by atoms with E-state index >= 15 is 0 Å². The minimum atomic E-state index is -0.472. The van der Waals surface area contributed by atoms with Crippen LogP contribution in [0.25, 0.3) is 24.6 Å². The molecular formula is CH17Cl3LaN4O3Pt2-3. The van der Waals surface area contributed by atoms with Gasteiger partial charge >= 0.3 is 63.5 Å². The fraction of sp³-hybridized carbons (Fsp3) is 0. The van der Waals surface area contributed by atoms with Crippen LogP contribution in [0.1, 0.15) is 0 Å². The maximum atomic E-state index is 4.88. The van der Waals surface area contributed by atoms with Gasteiger partial charge in [-0.05, 0) is 0 Å². The van der Waals surface area contributed by atoms with E-state index in [0.29, 0.717) is 0 Å². The van der Waals surface area contributed by atoms with E-state index < -0.39 is 16.5 Å². The van der Waals surface area contributed by atoms with Crippen molar-refractivity contribution in [2.75, 3.05) is 0 Å². The zero-order valence-corrected chi connectivity index (χ0v) is 17.6.